The molecule has 0 spiro atoms. The second kappa shape index (κ2) is 12.2. The van der Waals surface area contributed by atoms with Crippen molar-refractivity contribution < 1.29 is 14.3 Å². The van der Waals surface area contributed by atoms with Gasteiger partial charge in [-0.15, -0.1) is 0 Å². The molecule has 5 rings (SSSR count). The number of benzene rings is 2. The van der Waals surface area contributed by atoms with E-state index in [0.717, 1.165) is 49.7 Å². The minimum absolute atomic E-state index is 0.0116. The van der Waals surface area contributed by atoms with Crippen LogP contribution in [0.1, 0.15) is 49.4 Å². The van der Waals surface area contributed by atoms with Gasteiger partial charge < -0.3 is 14.4 Å². The lowest BCUT2D eigenvalue weighted by Crippen LogP contribution is -2.43. The maximum atomic E-state index is 13.4. The summed E-state index contributed by atoms with van der Waals surface area (Å²) in [5.74, 6) is 1.60. The summed E-state index contributed by atoms with van der Waals surface area (Å²) in [6.07, 6.45) is 7.25. The Kier molecular flexibility index (Phi) is 8.75. The fourth-order valence-electron chi connectivity index (χ4n) is 4.83. The van der Waals surface area contributed by atoms with Gasteiger partial charge in [0.1, 0.15) is 11.6 Å². The van der Waals surface area contributed by atoms with Gasteiger partial charge in [-0.25, -0.2) is 4.98 Å². The Hall–Kier alpha value is -2.06. The highest BCUT2D eigenvalue weighted by Gasteiger charge is 2.23. The van der Waals surface area contributed by atoms with E-state index in [1.165, 1.54) is 11.1 Å². The molecule has 194 valence electrons. The predicted molar refractivity (Wildman–Crippen MR) is 160 cm³/mol. The highest BCUT2D eigenvalue weighted by molar-refractivity contribution is 14.1. The van der Waals surface area contributed by atoms with Crippen molar-refractivity contribution in [1.29, 1.82) is 0 Å². The first-order valence-corrected chi connectivity index (χ1v) is 14.7. The van der Waals surface area contributed by atoms with Crippen LogP contribution in [-0.4, -0.2) is 59.6 Å². The number of aromatic nitrogens is 2. The third-order valence-corrected chi connectivity index (χ3v) is 8.40. The molecule has 2 heterocycles. The number of fused-ring (bicyclic) bond motifs is 1. The quantitative estimate of drug-likeness (QED) is 0.270. The zero-order valence-corrected chi connectivity index (χ0v) is 24.7. The van der Waals surface area contributed by atoms with E-state index in [1.807, 2.05) is 30.3 Å². The fourth-order valence-corrected chi connectivity index (χ4v) is 6.96. The Labute approximate surface area is 242 Å². The van der Waals surface area contributed by atoms with Crippen molar-refractivity contribution in [2.75, 3.05) is 32.9 Å². The summed E-state index contributed by atoms with van der Waals surface area (Å²) in [5, 5.41) is 5.21. The largest absolute Gasteiger partial charge is 0.482 e. The van der Waals surface area contributed by atoms with Gasteiger partial charge in [0.05, 0.1) is 37.5 Å². The van der Waals surface area contributed by atoms with E-state index in [9.17, 15) is 9.59 Å². The minimum Gasteiger partial charge on any atom is -0.482 e. The average molecular weight is 726 g/mol. The molecule has 1 amide bonds. The van der Waals surface area contributed by atoms with Gasteiger partial charge in [-0.05, 0) is 87.9 Å². The molecule has 2 fully saturated rings. The molecule has 2 aliphatic rings. The summed E-state index contributed by atoms with van der Waals surface area (Å²) in [4.78, 5) is 32.6. The second-order valence-electron chi connectivity index (χ2n) is 9.28. The first-order valence-electron chi connectivity index (χ1n) is 12.5. The molecule has 1 saturated carbocycles. The number of para-hydroxylation sites is 1. The van der Waals surface area contributed by atoms with Gasteiger partial charge in [-0.2, -0.15) is 9.78 Å². The number of halogens is 2. The Balaban J connectivity index is 1.40. The van der Waals surface area contributed by atoms with Crippen molar-refractivity contribution in [3.63, 3.8) is 0 Å². The van der Waals surface area contributed by atoms with Gasteiger partial charge >= 0.3 is 0 Å². The van der Waals surface area contributed by atoms with Gasteiger partial charge in [-0.1, -0.05) is 31.4 Å². The first kappa shape index (κ1) is 26.5. The molecule has 2 aromatic carbocycles. The van der Waals surface area contributed by atoms with Crippen LogP contribution >= 0.6 is 45.2 Å². The number of carbonyl (C=O) groups is 1. The third-order valence-electron chi connectivity index (χ3n) is 6.80. The zero-order chi connectivity index (χ0) is 25.8. The molecular formula is C27H28I2N4O4. The summed E-state index contributed by atoms with van der Waals surface area (Å²) >= 11 is 4.42. The Morgan fingerprint density at radius 1 is 1.11 bits per heavy atom. The predicted octanol–water partition coefficient (Wildman–Crippen LogP) is 4.77. The number of morpholine rings is 1. The van der Waals surface area contributed by atoms with E-state index >= 15 is 0 Å². The number of amides is 1. The molecule has 0 radical (unpaired) electrons. The Bertz CT molecular complexity index is 1360. The number of rotatable bonds is 6. The molecule has 0 unspecified atom stereocenters. The third kappa shape index (κ3) is 6.17. The number of carbonyl (C=O) groups excluding carboxylic acids is 1. The van der Waals surface area contributed by atoms with Crippen LogP contribution in [0.2, 0.25) is 0 Å². The molecule has 0 bridgehead atoms. The van der Waals surface area contributed by atoms with Gasteiger partial charge in [0.2, 0.25) is 0 Å². The van der Waals surface area contributed by atoms with E-state index in [4.69, 9.17) is 14.5 Å². The minimum atomic E-state index is -0.145. The highest BCUT2D eigenvalue weighted by atomic mass is 127. The van der Waals surface area contributed by atoms with Gasteiger partial charge in [0.15, 0.2) is 6.61 Å². The molecule has 0 atom stereocenters. The van der Waals surface area contributed by atoms with Crippen molar-refractivity contribution >= 4 is 68.2 Å². The Morgan fingerprint density at radius 3 is 2.54 bits per heavy atom. The van der Waals surface area contributed by atoms with Crippen LogP contribution in [0.3, 0.4) is 0 Å². The lowest BCUT2D eigenvalue weighted by atomic mass is 9.88. The maximum absolute atomic E-state index is 13.4. The Morgan fingerprint density at radius 2 is 1.81 bits per heavy atom. The van der Waals surface area contributed by atoms with E-state index in [0.29, 0.717) is 37.4 Å². The lowest BCUT2D eigenvalue weighted by Gasteiger charge is -2.26. The van der Waals surface area contributed by atoms with Crippen LogP contribution in [0, 0.1) is 7.14 Å². The molecule has 0 N–H and O–H groups in total. The maximum Gasteiger partial charge on any atom is 0.282 e. The van der Waals surface area contributed by atoms with Crippen molar-refractivity contribution in [2.45, 2.75) is 38.0 Å². The highest BCUT2D eigenvalue weighted by Crippen LogP contribution is 2.32. The molecule has 10 heteroatoms. The molecule has 1 aliphatic heterocycles. The summed E-state index contributed by atoms with van der Waals surface area (Å²) in [7, 11) is 0. The SMILES string of the molecule is O=C(COc1c(I)cc(C=Nn2c(C3CCCCC3)nc3ccccc3c2=O)cc1I)N1CCOCC1. The van der Waals surface area contributed by atoms with E-state index < -0.39 is 0 Å². The van der Waals surface area contributed by atoms with Crippen LogP contribution in [0.15, 0.2) is 46.3 Å². The zero-order valence-electron chi connectivity index (χ0n) is 20.4. The van der Waals surface area contributed by atoms with E-state index in [1.54, 1.807) is 17.2 Å². The van der Waals surface area contributed by atoms with Gasteiger partial charge in [-0.3, -0.25) is 9.59 Å². The summed E-state index contributed by atoms with van der Waals surface area (Å²) in [6.45, 7) is 2.30. The van der Waals surface area contributed by atoms with Crippen molar-refractivity contribution in [3.05, 3.63) is 65.3 Å². The summed E-state index contributed by atoms with van der Waals surface area (Å²) in [6, 6.07) is 11.4. The topological polar surface area (TPSA) is 86.0 Å². The van der Waals surface area contributed by atoms with Crippen molar-refractivity contribution in [2.24, 2.45) is 5.10 Å². The smallest absolute Gasteiger partial charge is 0.282 e. The molecular weight excluding hydrogens is 698 g/mol. The normalized spacial score (nSPS) is 17.0. The standard InChI is InChI=1S/C27H28I2N4O4/c28-21-14-18(15-22(29)25(21)37-17-24(34)32-10-12-36-13-11-32)16-30-33-26(19-6-2-1-3-7-19)31-23-9-5-4-8-20(23)27(33)35/h4-5,8-9,14-16,19H,1-3,6-7,10-13,17H2. The van der Waals surface area contributed by atoms with Crippen LogP contribution in [0.25, 0.3) is 10.9 Å². The molecule has 3 aromatic rings. The first-order chi connectivity index (χ1) is 18.0. The van der Waals surface area contributed by atoms with E-state index in [-0.39, 0.29) is 24.0 Å². The van der Waals surface area contributed by atoms with Gasteiger partial charge in [0, 0.05) is 19.0 Å². The summed E-state index contributed by atoms with van der Waals surface area (Å²) in [5.41, 5.74) is 1.42. The van der Waals surface area contributed by atoms with Gasteiger partial charge in [0.25, 0.3) is 11.5 Å². The molecule has 1 aliphatic carbocycles. The molecule has 8 nitrogen and oxygen atoms in total. The average Bonchev–Trinajstić information content (AvgIpc) is 2.93. The van der Waals surface area contributed by atoms with E-state index in [2.05, 4.69) is 50.3 Å². The van der Waals surface area contributed by atoms with Crippen LogP contribution in [0.4, 0.5) is 0 Å². The van der Waals surface area contributed by atoms with Crippen molar-refractivity contribution in [1.82, 2.24) is 14.6 Å². The van der Waals surface area contributed by atoms with Crippen molar-refractivity contribution in [3.8, 4) is 5.75 Å². The van der Waals surface area contributed by atoms with Crippen LogP contribution in [-0.2, 0) is 9.53 Å². The number of nitrogens with zero attached hydrogens (tertiary/aromatic N) is 4. The monoisotopic (exact) mass is 726 g/mol. The number of hydrogen-bond donors (Lipinski definition) is 0. The van der Waals surface area contributed by atoms with Crippen LogP contribution in [0.5, 0.6) is 5.75 Å². The molecule has 1 aromatic heterocycles. The fraction of sp³-hybridized carbons (Fsp3) is 0.407. The van der Waals surface area contributed by atoms with Crippen LogP contribution < -0.4 is 10.3 Å². The summed E-state index contributed by atoms with van der Waals surface area (Å²) < 4.78 is 14.5. The lowest BCUT2D eigenvalue weighted by molar-refractivity contribution is -0.137. The molecule has 1 saturated heterocycles. The second-order valence-corrected chi connectivity index (χ2v) is 11.6. The number of ether oxygens (including phenoxy) is 2. The number of hydrogen-bond acceptors (Lipinski definition) is 6. The molecule has 37 heavy (non-hydrogen) atoms.